The van der Waals surface area contributed by atoms with Crippen molar-refractivity contribution in [3.63, 3.8) is 0 Å². The normalized spacial score (nSPS) is 15.5. The Morgan fingerprint density at radius 1 is 1.08 bits per heavy atom. The van der Waals surface area contributed by atoms with E-state index in [2.05, 4.69) is 22.4 Å². The molecule has 0 unspecified atom stereocenters. The predicted octanol–water partition coefficient (Wildman–Crippen LogP) is 3.09. The van der Waals surface area contributed by atoms with Crippen molar-refractivity contribution in [1.82, 2.24) is 9.80 Å². The Hall–Kier alpha value is -1.85. The maximum Gasteiger partial charge on any atom is 0.260 e. The van der Waals surface area contributed by atoms with Crippen LogP contribution in [-0.4, -0.2) is 48.5 Å². The average Bonchev–Trinajstić information content (AvgIpc) is 3.08. The number of para-hydroxylation sites is 1. The number of hydrogen-bond acceptors (Lipinski definition) is 4. The van der Waals surface area contributed by atoms with Crippen molar-refractivity contribution in [2.75, 3.05) is 32.8 Å². The van der Waals surface area contributed by atoms with E-state index in [0.29, 0.717) is 0 Å². The van der Waals surface area contributed by atoms with Crippen LogP contribution in [-0.2, 0) is 11.3 Å². The van der Waals surface area contributed by atoms with E-state index in [0.717, 1.165) is 49.6 Å². The number of piperazine rings is 1. The van der Waals surface area contributed by atoms with Crippen LogP contribution in [0.5, 0.6) is 5.75 Å². The van der Waals surface area contributed by atoms with E-state index >= 15 is 0 Å². The molecule has 1 aromatic heterocycles. The molecule has 1 aliphatic rings. The van der Waals surface area contributed by atoms with Crippen LogP contribution >= 0.6 is 11.3 Å². The summed E-state index contributed by atoms with van der Waals surface area (Å²) in [7, 11) is 0. The highest BCUT2D eigenvalue weighted by Crippen LogP contribution is 2.22. The van der Waals surface area contributed by atoms with Gasteiger partial charge in [-0.25, -0.2) is 0 Å². The number of carbonyl (C=O) groups excluding carboxylic acids is 1. The van der Waals surface area contributed by atoms with Crippen LogP contribution in [0.15, 0.2) is 35.7 Å². The zero-order valence-electron chi connectivity index (χ0n) is 14.3. The maximum atomic E-state index is 12.4. The molecular weight excluding hydrogens is 320 g/mol. The molecule has 0 spiro atoms. The third-order valence-electron chi connectivity index (χ3n) is 4.43. The Labute approximate surface area is 147 Å². The molecule has 0 aliphatic carbocycles. The molecule has 1 aromatic carbocycles. The lowest BCUT2D eigenvalue weighted by molar-refractivity contribution is -0.135. The highest BCUT2D eigenvalue weighted by molar-refractivity contribution is 7.09. The van der Waals surface area contributed by atoms with E-state index in [-0.39, 0.29) is 12.5 Å². The molecule has 1 aliphatic heterocycles. The van der Waals surface area contributed by atoms with E-state index in [9.17, 15) is 4.79 Å². The van der Waals surface area contributed by atoms with Crippen LogP contribution in [0, 0.1) is 13.8 Å². The van der Waals surface area contributed by atoms with Crippen LogP contribution < -0.4 is 4.74 Å². The fraction of sp³-hybridized carbons (Fsp3) is 0.421. The number of hydrogen-bond donors (Lipinski definition) is 0. The van der Waals surface area contributed by atoms with Gasteiger partial charge in [0.2, 0.25) is 0 Å². The number of rotatable bonds is 5. The topological polar surface area (TPSA) is 32.8 Å². The Balaban J connectivity index is 1.47. The molecule has 2 heterocycles. The molecule has 0 radical (unpaired) electrons. The minimum absolute atomic E-state index is 0.0772. The first kappa shape index (κ1) is 17.0. The number of aryl methyl sites for hydroxylation is 2. The van der Waals surface area contributed by atoms with Crippen LogP contribution in [0.2, 0.25) is 0 Å². The summed E-state index contributed by atoms with van der Waals surface area (Å²) >= 11 is 1.79. The monoisotopic (exact) mass is 344 g/mol. The second-order valence-electron chi connectivity index (χ2n) is 6.25. The Morgan fingerprint density at radius 2 is 1.79 bits per heavy atom. The molecule has 2 aromatic rings. The van der Waals surface area contributed by atoms with Gasteiger partial charge in [0.05, 0.1) is 0 Å². The van der Waals surface area contributed by atoms with Gasteiger partial charge in [-0.2, -0.15) is 0 Å². The Morgan fingerprint density at radius 3 is 2.42 bits per heavy atom. The summed E-state index contributed by atoms with van der Waals surface area (Å²) in [6.45, 7) is 8.53. The summed E-state index contributed by atoms with van der Waals surface area (Å²) in [6, 6.07) is 10.3. The molecule has 5 heteroatoms. The Bertz CT molecular complexity index is 656. The van der Waals surface area contributed by atoms with E-state index in [1.807, 2.05) is 36.9 Å². The quantitative estimate of drug-likeness (QED) is 0.836. The van der Waals surface area contributed by atoms with Crippen molar-refractivity contribution >= 4 is 17.2 Å². The molecular formula is C19H24N2O2S. The van der Waals surface area contributed by atoms with Crippen LogP contribution in [0.25, 0.3) is 0 Å². The molecule has 0 N–H and O–H groups in total. The van der Waals surface area contributed by atoms with Crippen LogP contribution in [0.3, 0.4) is 0 Å². The van der Waals surface area contributed by atoms with Gasteiger partial charge in [-0.15, -0.1) is 11.3 Å². The minimum atomic E-state index is 0.0772. The molecule has 0 saturated carbocycles. The number of benzene rings is 1. The largest absolute Gasteiger partial charge is 0.483 e. The van der Waals surface area contributed by atoms with E-state index in [4.69, 9.17) is 4.74 Å². The smallest absolute Gasteiger partial charge is 0.260 e. The summed E-state index contributed by atoms with van der Waals surface area (Å²) in [4.78, 5) is 18.1. The average molecular weight is 344 g/mol. The summed E-state index contributed by atoms with van der Waals surface area (Å²) in [6.07, 6.45) is 0. The summed E-state index contributed by atoms with van der Waals surface area (Å²) in [5.74, 6) is 0.913. The summed E-state index contributed by atoms with van der Waals surface area (Å²) < 4.78 is 5.79. The Kier molecular flexibility index (Phi) is 5.53. The third-order valence-corrected chi connectivity index (χ3v) is 5.29. The van der Waals surface area contributed by atoms with Gasteiger partial charge in [-0.1, -0.05) is 24.3 Å². The molecule has 3 rings (SSSR count). The van der Waals surface area contributed by atoms with Crippen molar-refractivity contribution in [2.45, 2.75) is 20.4 Å². The molecule has 0 atom stereocenters. The van der Waals surface area contributed by atoms with Crippen molar-refractivity contribution < 1.29 is 9.53 Å². The summed E-state index contributed by atoms with van der Waals surface area (Å²) in [5.41, 5.74) is 2.15. The lowest BCUT2D eigenvalue weighted by Gasteiger charge is -2.34. The molecule has 1 saturated heterocycles. The molecule has 4 nitrogen and oxygen atoms in total. The van der Waals surface area contributed by atoms with E-state index < -0.39 is 0 Å². The summed E-state index contributed by atoms with van der Waals surface area (Å²) in [5, 5.41) is 2.11. The second-order valence-corrected chi connectivity index (χ2v) is 7.28. The van der Waals surface area contributed by atoms with Gasteiger partial charge in [0.1, 0.15) is 5.75 Å². The van der Waals surface area contributed by atoms with Gasteiger partial charge in [0, 0.05) is 37.6 Å². The number of thiophene rings is 1. The van der Waals surface area contributed by atoms with Crippen molar-refractivity contribution in [3.05, 3.63) is 51.7 Å². The van der Waals surface area contributed by atoms with Crippen molar-refractivity contribution in [3.8, 4) is 5.75 Å². The van der Waals surface area contributed by atoms with E-state index in [1.165, 1.54) is 4.88 Å². The molecule has 1 amide bonds. The standard InChI is InChI=1S/C19H24N2O2S/c1-15-5-3-6-16(2)19(15)23-14-18(22)21-10-8-20(9-11-21)13-17-7-4-12-24-17/h3-7,12H,8-11,13-14H2,1-2H3. The molecule has 128 valence electrons. The first-order chi connectivity index (χ1) is 11.6. The zero-order chi connectivity index (χ0) is 16.9. The van der Waals surface area contributed by atoms with Gasteiger partial charge in [-0.05, 0) is 36.4 Å². The van der Waals surface area contributed by atoms with Crippen molar-refractivity contribution in [1.29, 1.82) is 0 Å². The zero-order valence-corrected chi connectivity index (χ0v) is 15.1. The lowest BCUT2D eigenvalue weighted by atomic mass is 10.1. The minimum Gasteiger partial charge on any atom is -0.483 e. The third kappa shape index (κ3) is 4.16. The first-order valence-electron chi connectivity index (χ1n) is 8.35. The second kappa shape index (κ2) is 7.81. The number of carbonyl (C=O) groups is 1. The number of nitrogens with zero attached hydrogens (tertiary/aromatic N) is 2. The van der Waals surface area contributed by atoms with Gasteiger partial charge >= 0.3 is 0 Å². The van der Waals surface area contributed by atoms with E-state index in [1.54, 1.807) is 11.3 Å². The SMILES string of the molecule is Cc1cccc(C)c1OCC(=O)N1CCN(Cc2cccs2)CC1. The van der Waals surface area contributed by atoms with Crippen molar-refractivity contribution in [2.24, 2.45) is 0 Å². The van der Waals surface area contributed by atoms with Gasteiger partial charge in [0.15, 0.2) is 6.61 Å². The highest BCUT2D eigenvalue weighted by atomic mass is 32.1. The van der Waals surface area contributed by atoms with Crippen LogP contribution in [0.4, 0.5) is 0 Å². The van der Waals surface area contributed by atoms with Crippen LogP contribution in [0.1, 0.15) is 16.0 Å². The molecule has 0 bridgehead atoms. The van der Waals surface area contributed by atoms with Gasteiger partial charge in [0.25, 0.3) is 5.91 Å². The highest BCUT2D eigenvalue weighted by Gasteiger charge is 2.21. The lowest BCUT2D eigenvalue weighted by Crippen LogP contribution is -2.49. The van der Waals surface area contributed by atoms with Gasteiger partial charge in [-0.3, -0.25) is 9.69 Å². The number of ether oxygens (including phenoxy) is 1. The molecule has 24 heavy (non-hydrogen) atoms. The predicted molar refractivity (Wildman–Crippen MR) is 97.6 cm³/mol. The molecule has 1 fully saturated rings. The van der Waals surface area contributed by atoms with Gasteiger partial charge < -0.3 is 9.64 Å². The fourth-order valence-electron chi connectivity index (χ4n) is 3.03. The maximum absolute atomic E-state index is 12.4. The first-order valence-corrected chi connectivity index (χ1v) is 9.23. The number of amides is 1. The fourth-order valence-corrected chi connectivity index (χ4v) is 3.78.